The molecule has 0 radical (unpaired) electrons. The summed E-state index contributed by atoms with van der Waals surface area (Å²) >= 11 is 0. The third-order valence-corrected chi connectivity index (χ3v) is 11.4. The number of H-pyrrole nitrogens is 1. The van der Waals surface area contributed by atoms with Crippen molar-refractivity contribution in [1.29, 1.82) is 0 Å². The fourth-order valence-corrected chi connectivity index (χ4v) is 8.69. The minimum atomic E-state index is -5.08. The summed E-state index contributed by atoms with van der Waals surface area (Å²) in [4.78, 5) is 33.0. The number of sulfonamides is 1. The van der Waals surface area contributed by atoms with Crippen LogP contribution in [0.4, 0.5) is 18.9 Å². The lowest BCUT2D eigenvalue weighted by molar-refractivity contribution is -0.192. The van der Waals surface area contributed by atoms with Crippen molar-refractivity contribution >= 4 is 49.5 Å². The Morgan fingerprint density at radius 1 is 1.08 bits per heavy atom. The van der Waals surface area contributed by atoms with Crippen LogP contribution in [-0.4, -0.2) is 79.4 Å². The Hall–Kier alpha value is -4.77. The lowest BCUT2D eigenvalue weighted by Crippen LogP contribution is -2.40. The lowest BCUT2D eigenvalue weighted by atomic mass is 9.77. The number of hydrogen-bond donors (Lipinski definition) is 3. The normalized spacial score (nSPS) is 20.9. The molecule has 252 valence electrons. The van der Waals surface area contributed by atoms with Gasteiger partial charge < -0.3 is 15.0 Å². The number of carbonyl (C=O) groups is 2. The number of alkyl halides is 3. The van der Waals surface area contributed by atoms with Crippen LogP contribution in [0.15, 0.2) is 43.0 Å². The molecule has 2 atom stereocenters. The van der Waals surface area contributed by atoms with Gasteiger partial charge in [-0.1, -0.05) is 6.07 Å². The summed E-state index contributed by atoms with van der Waals surface area (Å²) in [6.45, 7) is 0. The molecule has 17 heteroatoms. The number of nitrogens with one attached hydrogen (secondary N) is 2. The average Bonchev–Trinajstić information content (AvgIpc) is 3.26. The van der Waals surface area contributed by atoms with Gasteiger partial charge >= 0.3 is 12.1 Å². The highest BCUT2D eigenvalue weighted by Crippen LogP contribution is 2.55. The second-order valence-electron chi connectivity index (χ2n) is 12.6. The molecule has 2 fully saturated rings. The molecule has 8 rings (SSSR count). The van der Waals surface area contributed by atoms with Gasteiger partial charge in [0.2, 0.25) is 15.9 Å². The number of anilines is 1. The molecular formula is C31H31F3N8O5S. The topological polar surface area (TPSA) is 168 Å². The summed E-state index contributed by atoms with van der Waals surface area (Å²) in [7, 11) is 2.22. The fourth-order valence-electron chi connectivity index (χ4n) is 7.07. The number of aryl methyl sites for hydroxylation is 2. The predicted octanol–water partition coefficient (Wildman–Crippen LogP) is 4.00. The molecule has 48 heavy (non-hydrogen) atoms. The Morgan fingerprint density at radius 2 is 1.81 bits per heavy atom. The first-order valence-corrected chi connectivity index (χ1v) is 16.7. The van der Waals surface area contributed by atoms with Crippen LogP contribution in [-0.2, 0) is 39.1 Å². The Morgan fingerprint density at radius 3 is 2.46 bits per heavy atom. The molecule has 0 saturated heterocycles. The minimum Gasteiger partial charge on any atom is -0.475 e. The molecule has 0 bridgehead atoms. The third kappa shape index (κ3) is 5.11. The van der Waals surface area contributed by atoms with Crippen LogP contribution in [0, 0.1) is 0 Å². The van der Waals surface area contributed by atoms with Crippen LogP contribution in [0.3, 0.4) is 0 Å². The fraction of sp³-hybridized carbons (Fsp3) is 0.387. The first kappa shape index (κ1) is 31.8. The van der Waals surface area contributed by atoms with Crippen LogP contribution >= 0.6 is 0 Å². The van der Waals surface area contributed by atoms with E-state index >= 15 is 0 Å². The van der Waals surface area contributed by atoms with Crippen molar-refractivity contribution in [3.05, 3.63) is 48.5 Å². The van der Waals surface area contributed by atoms with E-state index in [9.17, 15) is 26.4 Å². The Kier molecular flexibility index (Phi) is 7.21. The number of carbonyl (C=O) groups excluding carboxylic acids is 1. The Bertz CT molecular complexity index is 2240. The number of aliphatic carboxylic acids is 1. The number of carboxylic acids is 1. The molecular weight excluding hydrogens is 653 g/mol. The van der Waals surface area contributed by atoms with Crippen molar-refractivity contribution in [1.82, 2.24) is 34.3 Å². The van der Waals surface area contributed by atoms with E-state index in [0.717, 1.165) is 49.9 Å². The predicted molar refractivity (Wildman–Crippen MR) is 169 cm³/mol. The second-order valence-corrected chi connectivity index (χ2v) is 14.6. The highest BCUT2D eigenvalue weighted by molar-refractivity contribution is 7.90. The van der Waals surface area contributed by atoms with Crippen molar-refractivity contribution in [2.75, 3.05) is 11.9 Å². The number of likely N-dealkylation sites (N-methyl/N-ethyl adjacent to an activating group) is 1. The molecule has 1 spiro atoms. The van der Waals surface area contributed by atoms with Gasteiger partial charge in [0.1, 0.15) is 5.65 Å². The van der Waals surface area contributed by atoms with Gasteiger partial charge in [-0.25, -0.2) is 22.9 Å². The van der Waals surface area contributed by atoms with E-state index < -0.39 is 27.6 Å². The number of aromatic nitrogens is 6. The molecule has 5 aromatic rings. The standard InChI is InChI=1S/C29H30N8O3S.C2HF3O2/c1-35-15-18(13-31-35)26-23(16-4-7-21-17(10-16)12-32-37(21)3)24-25-22(14-30-27(24)33-26)36(2)28(38)29(25)9-8-19(11-29)34-41(39,40)20-5-6-20;3-2(4,5)1(6)7/h4,7,10,12-15,19-20,34H,5-6,8-9,11H2,1-3H3,(H,30,33);(H,6,7)/t19-,29+;/m1./s1. The van der Waals surface area contributed by atoms with Gasteiger partial charge in [0.15, 0.2) is 0 Å². The number of carboxylic acid groups (broad SMARTS) is 1. The molecule has 2 saturated carbocycles. The summed E-state index contributed by atoms with van der Waals surface area (Å²) < 4.78 is 63.9. The molecule has 1 aromatic carbocycles. The molecule has 3 N–H and O–H groups in total. The second kappa shape index (κ2) is 10.9. The van der Waals surface area contributed by atoms with Crippen LogP contribution in [0.5, 0.6) is 0 Å². The zero-order chi connectivity index (χ0) is 34.3. The van der Waals surface area contributed by atoms with Gasteiger partial charge in [0, 0.05) is 60.8 Å². The molecule has 13 nitrogen and oxygen atoms in total. The lowest BCUT2D eigenvalue weighted by Gasteiger charge is -2.24. The van der Waals surface area contributed by atoms with E-state index in [1.165, 1.54) is 0 Å². The highest BCUT2D eigenvalue weighted by Gasteiger charge is 2.56. The van der Waals surface area contributed by atoms with Crippen molar-refractivity contribution in [3.63, 3.8) is 0 Å². The van der Waals surface area contributed by atoms with E-state index in [0.29, 0.717) is 37.8 Å². The van der Waals surface area contributed by atoms with E-state index in [1.54, 1.807) is 22.8 Å². The first-order chi connectivity index (χ1) is 22.6. The SMILES string of the molecule is CN1C(=O)[C@]2(CC[C@@H](NS(=O)(=O)C3CC3)C2)c2c1cnc1[nH]c(-c3cnn(C)c3)c(-c3ccc4c(cnn4C)c3)c21.O=C(O)C(F)(F)F. The van der Waals surface area contributed by atoms with Crippen molar-refractivity contribution in [3.8, 4) is 22.4 Å². The van der Waals surface area contributed by atoms with Gasteiger partial charge in [-0.15, -0.1) is 0 Å². The molecule has 1 amide bonds. The van der Waals surface area contributed by atoms with Crippen LogP contribution in [0.1, 0.15) is 37.7 Å². The molecule has 5 heterocycles. The molecule has 0 unspecified atom stereocenters. The van der Waals surface area contributed by atoms with Crippen molar-refractivity contribution in [2.45, 2.75) is 55.0 Å². The van der Waals surface area contributed by atoms with Gasteiger partial charge in [0.25, 0.3) is 0 Å². The maximum Gasteiger partial charge on any atom is 0.490 e. The van der Waals surface area contributed by atoms with E-state index in [-0.39, 0.29) is 17.2 Å². The number of nitrogens with zero attached hydrogens (tertiary/aromatic N) is 6. The van der Waals surface area contributed by atoms with E-state index in [2.05, 4.69) is 38.1 Å². The number of aromatic amines is 1. The molecule has 3 aliphatic rings. The van der Waals surface area contributed by atoms with Crippen molar-refractivity contribution < 1.29 is 36.3 Å². The number of hydrogen-bond acceptors (Lipinski definition) is 7. The van der Waals surface area contributed by atoms with Gasteiger partial charge in [-0.2, -0.15) is 23.4 Å². The van der Waals surface area contributed by atoms with E-state index in [4.69, 9.17) is 14.9 Å². The number of pyridine rings is 1. The number of fused-ring (bicyclic) bond motifs is 5. The number of benzene rings is 1. The number of rotatable bonds is 5. The number of halogens is 3. The third-order valence-electron chi connectivity index (χ3n) is 9.44. The van der Waals surface area contributed by atoms with Gasteiger partial charge in [-0.05, 0) is 49.8 Å². The number of amides is 1. The molecule has 2 aliphatic carbocycles. The monoisotopic (exact) mass is 684 g/mol. The summed E-state index contributed by atoms with van der Waals surface area (Å²) in [5.74, 6) is -2.76. The van der Waals surface area contributed by atoms with Crippen LogP contribution in [0.2, 0.25) is 0 Å². The zero-order valence-corrected chi connectivity index (χ0v) is 26.9. The first-order valence-electron chi connectivity index (χ1n) is 15.2. The summed E-state index contributed by atoms with van der Waals surface area (Å²) in [5.41, 5.74) is 6.28. The average molecular weight is 685 g/mol. The Labute approximate surface area is 271 Å². The molecule has 4 aromatic heterocycles. The van der Waals surface area contributed by atoms with Crippen LogP contribution in [0.25, 0.3) is 44.3 Å². The maximum absolute atomic E-state index is 14.1. The maximum atomic E-state index is 14.1. The van der Waals surface area contributed by atoms with Gasteiger partial charge in [-0.3, -0.25) is 14.2 Å². The Balaban J connectivity index is 0.000000473. The minimum absolute atomic E-state index is 0.00675. The summed E-state index contributed by atoms with van der Waals surface area (Å²) in [5, 5.41) is 17.6. The largest absolute Gasteiger partial charge is 0.490 e. The van der Waals surface area contributed by atoms with Crippen LogP contribution < -0.4 is 9.62 Å². The summed E-state index contributed by atoms with van der Waals surface area (Å²) in [6.07, 6.45) is 5.31. The zero-order valence-electron chi connectivity index (χ0n) is 26.0. The summed E-state index contributed by atoms with van der Waals surface area (Å²) in [6, 6.07) is 5.98. The van der Waals surface area contributed by atoms with Crippen molar-refractivity contribution in [2.24, 2.45) is 14.1 Å². The van der Waals surface area contributed by atoms with E-state index in [1.807, 2.05) is 37.4 Å². The quantitative estimate of drug-likeness (QED) is 0.250. The molecule has 1 aliphatic heterocycles. The highest BCUT2D eigenvalue weighted by atomic mass is 32.2. The van der Waals surface area contributed by atoms with Gasteiger partial charge in [0.05, 0.1) is 46.2 Å². The smallest absolute Gasteiger partial charge is 0.475 e.